The lowest BCUT2D eigenvalue weighted by Gasteiger charge is -2.07. The first-order valence-electron chi connectivity index (χ1n) is 7.91. The van der Waals surface area contributed by atoms with Gasteiger partial charge in [-0.05, 0) is 36.8 Å². The molecule has 3 aromatic rings. The predicted octanol–water partition coefficient (Wildman–Crippen LogP) is 3.04. The molecule has 0 saturated carbocycles. The van der Waals surface area contributed by atoms with Crippen LogP contribution in [0.3, 0.4) is 0 Å². The Morgan fingerprint density at radius 2 is 2.04 bits per heavy atom. The third-order valence-electron chi connectivity index (χ3n) is 3.69. The quantitative estimate of drug-likeness (QED) is 0.340. The second kappa shape index (κ2) is 8.34. The zero-order valence-electron chi connectivity index (χ0n) is 13.9. The van der Waals surface area contributed by atoms with Crippen molar-refractivity contribution in [2.75, 3.05) is 5.75 Å². The van der Waals surface area contributed by atoms with Crippen LogP contribution in [0.4, 0.5) is 0 Å². The number of fused-ring (bicyclic) bond motifs is 1. The van der Waals surface area contributed by atoms with Gasteiger partial charge in [0.15, 0.2) is 0 Å². The number of thiazole rings is 1. The van der Waals surface area contributed by atoms with Gasteiger partial charge in [-0.15, -0.1) is 5.10 Å². The highest BCUT2D eigenvalue weighted by Crippen LogP contribution is 2.20. The molecule has 0 bridgehead atoms. The maximum atomic E-state index is 10.9. The number of aryl methyl sites for hydroxylation is 1. The molecule has 0 unspecified atom stereocenters. The van der Waals surface area contributed by atoms with E-state index in [1.165, 1.54) is 17.6 Å². The number of phenols is 1. The summed E-state index contributed by atoms with van der Waals surface area (Å²) >= 11 is 4.74. The first-order chi connectivity index (χ1) is 12.8. The molecule has 3 rings (SSSR count). The van der Waals surface area contributed by atoms with Gasteiger partial charge in [-0.25, -0.2) is 8.42 Å². The van der Waals surface area contributed by atoms with E-state index in [2.05, 4.69) is 26.1 Å². The lowest BCUT2D eigenvalue weighted by molar-refractivity contribution is 0.459. The van der Waals surface area contributed by atoms with Gasteiger partial charge in [0, 0.05) is 22.3 Å². The molecular formula is C17H15BrN3O4S2-. The summed E-state index contributed by atoms with van der Waals surface area (Å²) in [6.45, 7) is 0.335. The topological polar surface area (TPSA) is 107 Å². The van der Waals surface area contributed by atoms with E-state index in [1.807, 2.05) is 28.8 Å². The molecule has 0 aliphatic carbocycles. The van der Waals surface area contributed by atoms with E-state index in [0.717, 1.165) is 14.7 Å². The SMILES string of the molecule is O=S(=O)([O-])CCCn1c(=N/N=C/c2cc(Br)ccc2O)sc2ccccc21. The van der Waals surface area contributed by atoms with Crippen LogP contribution < -0.4 is 4.80 Å². The molecule has 1 heterocycles. The van der Waals surface area contributed by atoms with Gasteiger partial charge in [0.05, 0.1) is 26.5 Å². The van der Waals surface area contributed by atoms with E-state index in [1.54, 1.807) is 18.2 Å². The molecule has 27 heavy (non-hydrogen) atoms. The number of para-hydroxylation sites is 1. The molecule has 0 atom stereocenters. The maximum Gasteiger partial charge on any atom is 0.211 e. The number of phenolic OH excluding ortho intramolecular Hbond substituents is 1. The van der Waals surface area contributed by atoms with Crippen LogP contribution in [0.25, 0.3) is 10.2 Å². The molecule has 10 heteroatoms. The Labute approximate surface area is 168 Å². The van der Waals surface area contributed by atoms with Crippen molar-refractivity contribution < 1.29 is 18.1 Å². The van der Waals surface area contributed by atoms with E-state index in [9.17, 15) is 18.1 Å². The number of nitrogens with zero attached hydrogens (tertiary/aromatic N) is 3. The molecule has 1 N–H and O–H groups in total. The van der Waals surface area contributed by atoms with Gasteiger partial charge in [0.1, 0.15) is 5.75 Å². The van der Waals surface area contributed by atoms with Crippen LogP contribution >= 0.6 is 27.3 Å². The summed E-state index contributed by atoms with van der Waals surface area (Å²) in [7, 11) is -4.26. The molecule has 7 nitrogen and oxygen atoms in total. The maximum absolute atomic E-state index is 10.9. The fraction of sp³-hybridized carbons (Fsp3) is 0.176. The lowest BCUT2D eigenvalue weighted by atomic mass is 10.2. The highest BCUT2D eigenvalue weighted by atomic mass is 79.9. The van der Waals surface area contributed by atoms with Crippen LogP contribution in [0.15, 0.2) is 57.1 Å². The van der Waals surface area contributed by atoms with Crippen molar-refractivity contribution in [3.63, 3.8) is 0 Å². The van der Waals surface area contributed by atoms with Crippen LogP contribution in [-0.4, -0.2) is 34.6 Å². The predicted molar refractivity (Wildman–Crippen MR) is 108 cm³/mol. The van der Waals surface area contributed by atoms with E-state index in [4.69, 9.17) is 0 Å². The van der Waals surface area contributed by atoms with Crippen LogP contribution in [0.1, 0.15) is 12.0 Å². The Morgan fingerprint density at radius 3 is 2.81 bits per heavy atom. The van der Waals surface area contributed by atoms with Crippen LogP contribution in [0.2, 0.25) is 0 Å². The monoisotopic (exact) mass is 468 g/mol. The summed E-state index contributed by atoms with van der Waals surface area (Å²) in [4.78, 5) is 0.574. The third-order valence-corrected chi connectivity index (χ3v) is 6.03. The zero-order chi connectivity index (χ0) is 19.4. The fourth-order valence-corrected chi connectivity index (χ4v) is 4.36. The highest BCUT2D eigenvalue weighted by molar-refractivity contribution is 9.10. The molecule has 0 fully saturated rings. The highest BCUT2D eigenvalue weighted by Gasteiger charge is 2.06. The number of hydrogen-bond acceptors (Lipinski definition) is 7. The van der Waals surface area contributed by atoms with Crippen LogP contribution in [0, 0.1) is 0 Å². The summed E-state index contributed by atoms with van der Waals surface area (Å²) in [5.74, 6) is -0.347. The Morgan fingerprint density at radius 1 is 1.26 bits per heavy atom. The van der Waals surface area contributed by atoms with E-state index >= 15 is 0 Å². The van der Waals surface area contributed by atoms with Gasteiger partial charge >= 0.3 is 0 Å². The largest absolute Gasteiger partial charge is 0.748 e. The van der Waals surface area contributed by atoms with E-state index in [-0.39, 0.29) is 12.2 Å². The van der Waals surface area contributed by atoms with Gasteiger partial charge in [-0.2, -0.15) is 5.10 Å². The van der Waals surface area contributed by atoms with Gasteiger partial charge in [-0.1, -0.05) is 39.4 Å². The summed E-state index contributed by atoms with van der Waals surface area (Å²) in [6.07, 6.45) is 1.63. The fourth-order valence-electron chi connectivity index (χ4n) is 2.48. The number of benzene rings is 2. The molecular weight excluding hydrogens is 454 g/mol. The minimum atomic E-state index is -4.26. The first-order valence-corrected chi connectivity index (χ1v) is 11.1. The summed E-state index contributed by atoms with van der Waals surface area (Å²) in [5.41, 5.74) is 1.41. The third kappa shape index (κ3) is 5.25. The van der Waals surface area contributed by atoms with Gasteiger partial charge in [0.25, 0.3) is 0 Å². The van der Waals surface area contributed by atoms with Crippen molar-refractivity contribution in [3.05, 3.63) is 57.3 Å². The molecule has 1 aromatic heterocycles. The molecule has 2 aromatic carbocycles. The lowest BCUT2D eigenvalue weighted by Crippen LogP contribution is -2.17. The van der Waals surface area contributed by atoms with Gasteiger partial charge < -0.3 is 14.2 Å². The molecule has 142 valence electrons. The minimum Gasteiger partial charge on any atom is -0.748 e. The molecule has 0 spiro atoms. The van der Waals surface area contributed by atoms with Gasteiger partial charge in [-0.3, -0.25) is 0 Å². The van der Waals surface area contributed by atoms with E-state index in [0.29, 0.717) is 16.9 Å². The second-order valence-corrected chi connectivity index (χ2v) is 9.12. The smallest absolute Gasteiger partial charge is 0.211 e. The van der Waals surface area contributed by atoms with Crippen molar-refractivity contribution in [3.8, 4) is 5.75 Å². The van der Waals surface area contributed by atoms with Gasteiger partial charge in [0.2, 0.25) is 4.80 Å². The van der Waals surface area contributed by atoms with Crippen LogP contribution in [-0.2, 0) is 16.7 Å². The Kier molecular flexibility index (Phi) is 6.10. The average molecular weight is 469 g/mol. The Hall–Kier alpha value is -2.01. The van der Waals surface area contributed by atoms with Crippen molar-refractivity contribution in [1.29, 1.82) is 0 Å². The first kappa shape index (κ1) is 19.7. The van der Waals surface area contributed by atoms with E-state index < -0.39 is 15.9 Å². The summed E-state index contributed by atoms with van der Waals surface area (Å²) in [6, 6.07) is 12.6. The number of rotatable bonds is 6. The molecule has 0 radical (unpaired) electrons. The average Bonchev–Trinajstić information content (AvgIpc) is 2.95. The number of halogens is 1. The van der Waals surface area contributed by atoms with Crippen molar-refractivity contribution >= 4 is 53.8 Å². The summed E-state index contributed by atoms with van der Waals surface area (Å²) in [5, 5.41) is 18.1. The minimum absolute atomic E-state index is 0.0852. The number of hydrogen-bond donors (Lipinski definition) is 1. The molecule has 0 aliphatic rings. The normalized spacial score (nSPS) is 13.0. The number of aromatic hydroxyl groups is 1. The Balaban J connectivity index is 1.95. The number of aromatic nitrogens is 1. The standard InChI is InChI=1S/C17H16BrN3O4S2/c18-13-6-7-15(22)12(10-13)11-19-20-17-21(8-3-9-27(23,24)25)14-4-1-2-5-16(14)26-17/h1-2,4-7,10-11,22H,3,8-9H2,(H,23,24,25)/p-1/b19-11+,20-17?. The zero-order valence-corrected chi connectivity index (χ0v) is 17.2. The van der Waals surface area contributed by atoms with Crippen LogP contribution in [0.5, 0.6) is 5.75 Å². The molecule has 0 saturated heterocycles. The second-order valence-electron chi connectivity index (χ2n) is 5.67. The summed E-state index contributed by atoms with van der Waals surface area (Å²) < 4.78 is 36.2. The molecule has 0 amide bonds. The molecule has 0 aliphatic heterocycles. The van der Waals surface area contributed by atoms with Crippen molar-refractivity contribution in [2.45, 2.75) is 13.0 Å². The van der Waals surface area contributed by atoms with Crippen molar-refractivity contribution in [2.24, 2.45) is 10.2 Å². The van der Waals surface area contributed by atoms with Crippen molar-refractivity contribution in [1.82, 2.24) is 4.57 Å². The Bertz CT molecular complexity index is 1170.